The van der Waals surface area contributed by atoms with Gasteiger partial charge in [0.2, 0.25) is 0 Å². The normalized spacial score (nSPS) is 22.1. The Labute approximate surface area is 104 Å². The molecule has 0 bridgehead atoms. The van der Waals surface area contributed by atoms with Gasteiger partial charge in [-0.2, -0.15) is 5.10 Å². The highest BCUT2D eigenvalue weighted by atomic mass is 15.3. The van der Waals surface area contributed by atoms with Crippen LogP contribution in [0.1, 0.15) is 49.9 Å². The van der Waals surface area contributed by atoms with E-state index < -0.39 is 0 Å². The van der Waals surface area contributed by atoms with Gasteiger partial charge in [-0.15, -0.1) is 0 Å². The zero-order valence-electron chi connectivity index (χ0n) is 11.1. The van der Waals surface area contributed by atoms with E-state index in [0.717, 1.165) is 17.9 Å². The average Bonchev–Trinajstić information content (AvgIpc) is 3.18. The molecule has 0 radical (unpaired) electrons. The monoisotopic (exact) mass is 233 g/mol. The summed E-state index contributed by atoms with van der Waals surface area (Å²) in [5, 5.41) is 8.20. The molecule has 1 N–H and O–H groups in total. The molecule has 0 aliphatic heterocycles. The van der Waals surface area contributed by atoms with Gasteiger partial charge < -0.3 is 5.32 Å². The second-order valence-corrected chi connectivity index (χ2v) is 5.90. The van der Waals surface area contributed by atoms with Gasteiger partial charge >= 0.3 is 0 Å². The molecule has 3 heteroatoms. The van der Waals surface area contributed by atoms with Crippen LogP contribution in [0.2, 0.25) is 0 Å². The molecule has 0 aromatic carbocycles. The van der Waals surface area contributed by atoms with Crippen LogP contribution in [-0.2, 0) is 7.05 Å². The third kappa shape index (κ3) is 2.25. The van der Waals surface area contributed by atoms with Crippen molar-refractivity contribution in [3.8, 4) is 0 Å². The second-order valence-electron chi connectivity index (χ2n) is 5.90. The maximum absolute atomic E-state index is 4.34. The van der Waals surface area contributed by atoms with Crippen LogP contribution in [0.25, 0.3) is 0 Å². The third-order valence-electron chi connectivity index (χ3n) is 4.44. The molecule has 0 amide bonds. The van der Waals surface area contributed by atoms with E-state index in [2.05, 4.69) is 24.3 Å². The molecule has 94 valence electrons. The van der Waals surface area contributed by atoms with Gasteiger partial charge in [0.1, 0.15) is 0 Å². The zero-order chi connectivity index (χ0) is 12.0. The number of aromatic nitrogens is 2. The molecule has 17 heavy (non-hydrogen) atoms. The van der Waals surface area contributed by atoms with Crippen LogP contribution in [-0.4, -0.2) is 15.8 Å². The quantitative estimate of drug-likeness (QED) is 0.847. The summed E-state index contributed by atoms with van der Waals surface area (Å²) in [4.78, 5) is 0. The molecule has 2 aliphatic rings. The van der Waals surface area contributed by atoms with E-state index in [0.29, 0.717) is 6.04 Å². The first-order valence-corrected chi connectivity index (χ1v) is 6.91. The number of aryl methyl sites for hydroxylation is 1. The molecule has 1 heterocycles. The predicted molar refractivity (Wildman–Crippen MR) is 68.7 cm³/mol. The molecule has 1 aromatic rings. The summed E-state index contributed by atoms with van der Waals surface area (Å²) in [5.74, 6) is 1.92. The Hall–Kier alpha value is -0.830. The summed E-state index contributed by atoms with van der Waals surface area (Å²) < 4.78 is 1.97. The molecule has 1 aromatic heterocycles. The van der Waals surface area contributed by atoms with Crippen molar-refractivity contribution in [1.82, 2.24) is 15.1 Å². The van der Waals surface area contributed by atoms with Crippen LogP contribution in [0.15, 0.2) is 6.20 Å². The van der Waals surface area contributed by atoms with Gasteiger partial charge in [0.05, 0.1) is 6.20 Å². The molecule has 3 nitrogen and oxygen atoms in total. The zero-order valence-corrected chi connectivity index (χ0v) is 11.1. The van der Waals surface area contributed by atoms with Crippen LogP contribution in [0.5, 0.6) is 0 Å². The van der Waals surface area contributed by atoms with E-state index in [1.807, 2.05) is 17.9 Å². The van der Waals surface area contributed by atoms with Crippen LogP contribution >= 0.6 is 0 Å². The van der Waals surface area contributed by atoms with E-state index in [1.54, 1.807) is 0 Å². The highest BCUT2D eigenvalue weighted by molar-refractivity contribution is 5.20. The molecule has 2 saturated carbocycles. The number of hydrogen-bond donors (Lipinski definition) is 1. The van der Waals surface area contributed by atoms with Crippen molar-refractivity contribution in [2.24, 2.45) is 18.9 Å². The first-order chi connectivity index (χ1) is 8.16. The third-order valence-corrected chi connectivity index (χ3v) is 4.44. The second kappa shape index (κ2) is 4.13. The first-order valence-electron chi connectivity index (χ1n) is 6.91. The van der Waals surface area contributed by atoms with E-state index in [1.165, 1.54) is 36.9 Å². The predicted octanol–water partition coefficient (Wildman–Crippen LogP) is 2.57. The highest BCUT2D eigenvalue weighted by Gasteiger charge is 2.41. The lowest BCUT2D eigenvalue weighted by Gasteiger charge is -2.23. The lowest BCUT2D eigenvalue weighted by Crippen LogP contribution is -2.35. The summed E-state index contributed by atoms with van der Waals surface area (Å²) in [6, 6.07) is 1.21. The topological polar surface area (TPSA) is 29.9 Å². The van der Waals surface area contributed by atoms with E-state index in [-0.39, 0.29) is 0 Å². The number of nitrogens with zero attached hydrogens (tertiary/aromatic N) is 2. The van der Waals surface area contributed by atoms with Crippen LogP contribution in [0.4, 0.5) is 0 Å². The Morgan fingerprint density at radius 3 is 2.29 bits per heavy atom. The smallest absolute Gasteiger partial charge is 0.0540 e. The number of hydrogen-bond acceptors (Lipinski definition) is 2. The Kier molecular flexibility index (Phi) is 2.74. The summed E-state index contributed by atoms with van der Waals surface area (Å²) in [6.07, 6.45) is 7.77. The summed E-state index contributed by atoms with van der Waals surface area (Å²) in [6.45, 7) is 4.44. The Bertz CT molecular complexity index is 390. The van der Waals surface area contributed by atoms with Crippen molar-refractivity contribution in [3.63, 3.8) is 0 Å². The lowest BCUT2D eigenvalue weighted by molar-refractivity contribution is 0.377. The van der Waals surface area contributed by atoms with Gasteiger partial charge in [0.25, 0.3) is 0 Å². The van der Waals surface area contributed by atoms with Gasteiger partial charge in [0, 0.05) is 30.4 Å². The maximum Gasteiger partial charge on any atom is 0.0540 e. The Balaban J connectivity index is 1.69. The van der Waals surface area contributed by atoms with Crippen molar-refractivity contribution in [1.29, 1.82) is 0 Å². The molecular formula is C14H23N3. The number of nitrogens with one attached hydrogen (secondary N) is 1. The highest BCUT2D eigenvalue weighted by Crippen LogP contribution is 2.45. The molecule has 2 fully saturated rings. The summed E-state index contributed by atoms with van der Waals surface area (Å²) in [5.41, 5.74) is 2.65. The van der Waals surface area contributed by atoms with Crippen molar-refractivity contribution in [2.75, 3.05) is 0 Å². The minimum atomic E-state index is 0.440. The molecule has 0 saturated heterocycles. The van der Waals surface area contributed by atoms with Gasteiger partial charge in [-0.05, 0) is 51.4 Å². The summed E-state index contributed by atoms with van der Waals surface area (Å²) >= 11 is 0. The first kappa shape index (κ1) is 11.3. The molecule has 0 spiro atoms. The van der Waals surface area contributed by atoms with Crippen LogP contribution < -0.4 is 5.32 Å². The van der Waals surface area contributed by atoms with Crippen molar-refractivity contribution >= 4 is 0 Å². The minimum absolute atomic E-state index is 0.440. The van der Waals surface area contributed by atoms with Crippen molar-refractivity contribution in [2.45, 2.75) is 51.6 Å². The molecule has 1 atom stereocenters. The fourth-order valence-corrected chi connectivity index (χ4v) is 2.89. The fraction of sp³-hybridized carbons (Fsp3) is 0.786. The van der Waals surface area contributed by atoms with E-state index in [4.69, 9.17) is 0 Å². The van der Waals surface area contributed by atoms with E-state index >= 15 is 0 Å². The van der Waals surface area contributed by atoms with Crippen molar-refractivity contribution < 1.29 is 0 Å². The molecule has 2 aliphatic carbocycles. The Morgan fingerprint density at radius 1 is 1.29 bits per heavy atom. The van der Waals surface area contributed by atoms with Gasteiger partial charge in [-0.1, -0.05) is 0 Å². The van der Waals surface area contributed by atoms with Gasteiger partial charge in [0.15, 0.2) is 0 Å². The molecule has 3 rings (SSSR count). The summed E-state index contributed by atoms with van der Waals surface area (Å²) in [7, 11) is 2.02. The van der Waals surface area contributed by atoms with Gasteiger partial charge in [-0.25, -0.2) is 0 Å². The Morgan fingerprint density at radius 2 is 1.88 bits per heavy atom. The number of rotatable bonds is 5. The van der Waals surface area contributed by atoms with Crippen LogP contribution in [0, 0.1) is 18.8 Å². The largest absolute Gasteiger partial charge is 0.307 e. The lowest BCUT2D eigenvalue weighted by atomic mass is 10.0. The maximum atomic E-state index is 4.34. The minimum Gasteiger partial charge on any atom is -0.307 e. The standard InChI is InChI=1S/C14H23N3/c1-9(13-8-15-17(3)10(13)2)16-14(11-4-5-11)12-6-7-12/h8-9,11-12,14,16H,4-7H2,1-3H3. The van der Waals surface area contributed by atoms with Gasteiger partial charge in [-0.3, -0.25) is 4.68 Å². The average molecular weight is 233 g/mol. The molecule has 1 unspecified atom stereocenters. The van der Waals surface area contributed by atoms with Crippen molar-refractivity contribution in [3.05, 3.63) is 17.5 Å². The fourth-order valence-electron chi connectivity index (χ4n) is 2.89. The van der Waals surface area contributed by atoms with Crippen LogP contribution in [0.3, 0.4) is 0 Å². The SMILES string of the molecule is Cc1c(C(C)NC(C2CC2)C2CC2)cnn1C. The molecular weight excluding hydrogens is 210 g/mol. The van der Waals surface area contributed by atoms with E-state index in [9.17, 15) is 0 Å².